The number of nitrogens with zero attached hydrogens (tertiary/aromatic N) is 2. The molecule has 6 rings (SSSR count). The minimum absolute atomic E-state index is 0. The summed E-state index contributed by atoms with van der Waals surface area (Å²) < 4.78 is 6.02. The van der Waals surface area contributed by atoms with Gasteiger partial charge in [-0.15, -0.1) is 53.6 Å². The molecule has 3 nitrogen and oxygen atoms in total. The molecule has 0 saturated carbocycles. The number of fused-ring (bicyclic) bond motifs is 3. The number of aryl methyl sites for hydroxylation is 1. The monoisotopic (exact) mass is 647 g/mol. The van der Waals surface area contributed by atoms with Crippen molar-refractivity contribution in [2.24, 2.45) is 0 Å². The topological polar surface area (TPSA) is 38.9 Å². The van der Waals surface area contributed by atoms with E-state index in [9.17, 15) is 0 Å². The third kappa shape index (κ3) is 5.31. The van der Waals surface area contributed by atoms with E-state index in [-0.39, 0.29) is 20.1 Å². The molecule has 3 aromatic heterocycles. The molecule has 0 unspecified atom stereocenters. The first-order chi connectivity index (χ1) is 17.1. The Hall–Kier alpha value is -3.59. The smallest absolute Gasteiger partial charge is 0.120 e. The Kier molecular flexibility index (Phi) is 8.10. The summed E-state index contributed by atoms with van der Waals surface area (Å²) in [5, 5.41) is 2.24. The van der Waals surface area contributed by atoms with Crippen molar-refractivity contribution in [2.45, 2.75) is 26.7 Å². The van der Waals surface area contributed by atoms with Crippen molar-refractivity contribution in [1.82, 2.24) is 9.97 Å². The van der Waals surface area contributed by atoms with Crippen LogP contribution in [-0.4, -0.2) is 9.97 Å². The van der Waals surface area contributed by atoms with Gasteiger partial charge in [0.1, 0.15) is 5.58 Å². The Labute approximate surface area is 225 Å². The van der Waals surface area contributed by atoms with Crippen LogP contribution in [0.5, 0.6) is 0 Å². The molecule has 0 atom stereocenters. The van der Waals surface area contributed by atoms with Crippen molar-refractivity contribution in [3.63, 3.8) is 0 Å². The molecule has 1 radical (unpaired) electrons. The number of benzene rings is 3. The summed E-state index contributed by atoms with van der Waals surface area (Å²) in [7, 11) is 0. The molecule has 0 aliphatic heterocycles. The quantitative estimate of drug-likeness (QED) is 0.181. The summed E-state index contributed by atoms with van der Waals surface area (Å²) in [5.74, 6) is 0.544. The Balaban J connectivity index is 0.000000172. The summed E-state index contributed by atoms with van der Waals surface area (Å²) in [6, 6.07) is 34.7. The fourth-order valence-corrected chi connectivity index (χ4v) is 4.13. The maximum absolute atomic E-state index is 6.02. The van der Waals surface area contributed by atoms with Crippen LogP contribution in [0.3, 0.4) is 0 Å². The molecule has 0 aliphatic rings. The van der Waals surface area contributed by atoms with Gasteiger partial charge in [0, 0.05) is 37.9 Å². The van der Waals surface area contributed by atoms with Crippen LogP contribution in [0.15, 0.2) is 102 Å². The predicted octanol–water partition coefficient (Wildman–Crippen LogP) is 8.43. The standard InChI is InChI=1S/C18H12NO.C14H14N.Ir/c1-12-6-5-11-19-17(12)15-9-4-8-14-13-7-2-3-10-16(13)20-18(14)15;1-11(2)12-6-5-7-13(10-12)14-8-3-4-9-15-14;/h2-8,10-11H,1H3;3-6,8-11H,1-2H3;/q2*-1;. The van der Waals surface area contributed by atoms with Crippen LogP contribution >= 0.6 is 0 Å². The van der Waals surface area contributed by atoms with Crippen LogP contribution in [0.4, 0.5) is 0 Å². The van der Waals surface area contributed by atoms with Gasteiger partial charge in [0.2, 0.25) is 0 Å². The van der Waals surface area contributed by atoms with Crippen LogP contribution in [0.1, 0.15) is 30.9 Å². The maximum Gasteiger partial charge on any atom is 0.120 e. The van der Waals surface area contributed by atoms with Gasteiger partial charge in [-0.2, -0.15) is 0 Å². The number of hydrogen-bond acceptors (Lipinski definition) is 3. The predicted molar refractivity (Wildman–Crippen MR) is 143 cm³/mol. The van der Waals surface area contributed by atoms with Gasteiger partial charge in [0.05, 0.1) is 5.58 Å². The molecule has 0 fully saturated rings. The van der Waals surface area contributed by atoms with E-state index < -0.39 is 0 Å². The van der Waals surface area contributed by atoms with Gasteiger partial charge in [-0.25, -0.2) is 0 Å². The second kappa shape index (κ2) is 11.4. The SMILES string of the molecule is CC(C)c1cc[c-]c(-c2ccccn2)c1.Cc1cccnc1-c1[c-]ccc2c1oc1ccccc12.[Ir]. The number of pyridine rings is 2. The van der Waals surface area contributed by atoms with Crippen molar-refractivity contribution >= 4 is 21.9 Å². The van der Waals surface area contributed by atoms with Crippen LogP contribution in [0, 0.1) is 19.1 Å². The van der Waals surface area contributed by atoms with E-state index in [4.69, 9.17) is 4.42 Å². The van der Waals surface area contributed by atoms with Crippen molar-refractivity contribution in [2.75, 3.05) is 0 Å². The van der Waals surface area contributed by atoms with Gasteiger partial charge in [-0.3, -0.25) is 0 Å². The van der Waals surface area contributed by atoms with Crippen molar-refractivity contribution in [3.8, 4) is 22.5 Å². The van der Waals surface area contributed by atoms with Crippen molar-refractivity contribution < 1.29 is 24.5 Å². The Morgan fingerprint density at radius 3 is 2.33 bits per heavy atom. The van der Waals surface area contributed by atoms with Gasteiger partial charge < -0.3 is 14.4 Å². The van der Waals surface area contributed by atoms with Crippen LogP contribution in [0.25, 0.3) is 44.5 Å². The first-order valence-electron chi connectivity index (χ1n) is 11.8. The van der Waals surface area contributed by atoms with Gasteiger partial charge >= 0.3 is 0 Å². The average molecular weight is 647 g/mol. The molecule has 181 valence electrons. The number of rotatable bonds is 3. The molecule has 0 N–H and O–H groups in total. The zero-order valence-corrected chi connectivity index (χ0v) is 22.8. The van der Waals surface area contributed by atoms with E-state index in [0.29, 0.717) is 5.92 Å². The van der Waals surface area contributed by atoms with Crippen LogP contribution in [0.2, 0.25) is 0 Å². The van der Waals surface area contributed by atoms with Crippen molar-refractivity contribution in [3.05, 3.63) is 121 Å². The van der Waals surface area contributed by atoms with Gasteiger partial charge in [0.25, 0.3) is 0 Å². The summed E-state index contributed by atoms with van der Waals surface area (Å²) in [6.07, 6.45) is 3.61. The third-order valence-corrected chi connectivity index (χ3v) is 6.02. The Morgan fingerprint density at radius 2 is 1.56 bits per heavy atom. The molecule has 0 spiro atoms. The molecule has 0 bridgehead atoms. The summed E-state index contributed by atoms with van der Waals surface area (Å²) >= 11 is 0. The molecule has 4 heteroatoms. The van der Waals surface area contributed by atoms with Gasteiger partial charge in [0.15, 0.2) is 0 Å². The average Bonchev–Trinajstić information content (AvgIpc) is 3.29. The van der Waals surface area contributed by atoms with Crippen LogP contribution in [-0.2, 0) is 20.1 Å². The van der Waals surface area contributed by atoms with Crippen molar-refractivity contribution in [1.29, 1.82) is 0 Å². The maximum atomic E-state index is 6.02. The normalized spacial score (nSPS) is 10.7. The molecule has 0 amide bonds. The number of aromatic nitrogens is 2. The minimum Gasteiger partial charge on any atom is -0.501 e. The number of furan rings is 1. The molecule has 0 saturated heterocycles. The zero-order chi connectivity index (χ0) is 24.2. The zero-order valence-electron chi connectivity index (χ0n) is 20.5. The number of para-hydroxylation sites is 1. The van der Waals surface area contributed by atoms with Crippen LogP contribution < -0.4 is 0 Å². The van der Waals surface area contributed by atoms with Gasteiger partial charge in [-0.1, -0.05) is 66.8 Å². The van der Waals surface area contributed by atoms with E-state index in [1.807, 2.05) is 66.9 Å². The Morgan fingerprint density at radius 1 is 0.778 bits per heavy atom. The summed E-state index contributed by atoms with van der Waals surface area (Å²) in [6.45, 7) is 6.44. The summed E-state index contributed by atoms with van der Waals surface area (Å²) in [4.78, 5) is 8.80. The Bertz CT molecular complexity index is 1590. The van der Waals surface area contributed by atoms with E-state index in [0.717, 1.165) is 50.0 Å². The molecular weight excluding hydrogens is 621 g/mol. The van der Waals surface area contributed by atoms with E-state index in [1.54, 1.807) is 6.20 Å². The second-order valence-corrected chi connectivity index (χ2v) is 8.77. The fraction of sp³-hybridized carbons (Fsp3) is 0.125. The molecular formula is C32H26IrN2O-2. The fourth-order valence-electron chi connectivity index (χ4n) is 4.13. The largest absolute Gasteiger partial charge is 0.501 e. The molecule has 36 heavy (non-hydrogen) atoms. The van der Waals surface area contributed by atoms with E-state index >= 15 is 0 Å². The molecule has 3 aromatic carbocycles. The number of hydrogen-bond donors (Lipinski definition) is 0. The first kappa shape index (κ1) is 25.5. The third-order valence-electron chi connectivity index (χ3n) is 6.02. The molecule has 3 heterocycles. The van der Waals surface area contributed by atoms with Gasteiger partial charge in [-0.05, 0) is 42.4 Å². The molecule has 6 aromatic rings. The van der Waals surface area contributed by atoms with E-state index in [1.165, 1.54) is 5.56 Å². The van der Waals surface area contributed by atoms with E-state index in [2.05, 4.69) is 67.1 Å². The molecule has 0 aliphatic carbocycles. The summed E-state index contributed by atoms with van der Waals surface area (Å²) in [5.41, 5.74) is 8.12. The minimum atomic E-state index is 0. The second-order valence-electron chi connectivity index (χ2n) is 8.77. The first-order valence-corrected chi connectivity index (χ1v) is 11.8.